The van der Waals surface area contributed by atoms with Gasteiger partial charge in [-0.1, -0.05) is 43.2 Å². The molecule has 1 saturated carbocycles. The standard InChI is InChI=1S/C18H19N3OS/c19-17-16(15(22)10-21(17)13-8-4-5-9-13)18-20-14(11-23-18)12-6-2-1-3-7-12/h1-3,6-7,11,13,19,22H,4-5,8-10H2. The molecule has 2 heterocycles. The molecule has 0 spiro atoms. The molecule has 0 bridgehead atoms. The Morgan fingerprint density at radius 1 is 1.17 bits per heavy atom. The van der Waals surface area contributed by atoms with Gasteiger partial charge in [0.25, 0.3) is 0 Å². The SMILES string of the molecule is N=C1C(c2nc(-c3ccccc3)cs2)=C(O)CN1C1CCCC1. The van der Waals surface area contributed by atoms with Crippen molar-refractivity contribution in [3.63, 3.8) is 0 Å². The number of aliphatic hydroxyl groups is 1. The van der Waals surface area contributed by atoms with Crippen LogP contribution in [0.25, 0.3) is 16.8 Å². The molecule has 0 atom stereocenters. The van der Waals surface area contributed by atoms with Crippen molar-refractivity contribution >= 4 is 22.7 Å². The Morgan fingerprint density at radius 2 is 1.91 bits per heavy atom. The molecular weight excluding hydrogens is 306 g/mol. The average molecular weight is 325 g/mol. The van der Waals surface area contributed by atoms with Crippen molar-refractivity contribution in [1.82, 2.24) is 9.88 Å². The van der Waals surface area contributed by atoms with Gasteiger partial charge in [0, 0.05) is 17.0 Å². The summed E-state index contributed by atoms with van der Waals surface area (Å²) in [7, 11) is 0. The van der Waals surface area contributed by atoms with Crippen molar-refractivity contribution in [2.45, 2.75) is 31.7 Å². The molecule has 0 saturated heterocycles. The molecule has 4 rings (SSSR count). The molecule has 0 amide bonds. The normalized spacial score (nSPS) is 19.1. The molecule has 23 heavy (non-hydrogen) atoms. The zero-order valence-corrected chi connectivity index (χ0v) is 13.6. The lowest BCUT2D eigenvalue weighted by atomic mass is 10.2. The van der Waals surface area contributed by atoms with Gasteiger partial charge in [-0.3, -0.25) is 5.41 Å². The van der Waals surface area contributed by atoms with Gasteiger partial charge in [-0.05, 0) is 12.8 Å². The van der Waals surface area contributed by atoms with Gasteiger partial charge in [-0.15, -0.1) is 11.3 Å². The number of nitrogens with one attached hydrogen (secondary N) is 1. The molecule has 1 fully saturated rings. The van der Waals surface area contributed by atoms with Crippen molar-refractivity contribution in [2.24, 2.45) is 0 Å². The minimum Gasteiger partial charge on any atom is -0.510 e. The van der Waals surface area contributed by atoms with Crippen LogP contribution in [0.2, 0.25) is 0 Å². The van der Waals surface area contributed by atoms with E-state index >= 15 is 0 Å². The average Bonchev–Trinajstić information content (AvgIpc) is 3.29. The van der Waals surface area contributed by atoms with E-state index in [0.717, 1.165) is 29.1 Å². The van der Waals surface area contributed by atoms with Crippen LogP contribution in [-0.4, -0.2) is 33.4 Å². The molecule has 1 aliphatic carbocycles. The molecule has 2 aromatic rings. The van der Waals surface area contributed by atoms with Crippen LogP contribution in [-0.2, 0) is 0 Å². The van der Waals surface area contributed by atoms with Crippen molar-refractivity contribution in [2.75, 3.05) is 6.54 Å². The summed E-state index contributed by atoms with van der Waals surface area (Å²) in [4.78, 5) is 6.70. The summed E-state index contributed by atoms with van der Waals surface area (Å²) in [5, 5.41) is 21.6. The number of hydrogen-bond donors (Lipinski definition) is 2. The van der Waals surface area contributed by atoms with E-state index in [1.807, 2.05) is 40.6 Å². The summed E-state index contributed by atoms with van der Waals surface area (Å²) in [6.07, 6.45) is 4.69. The third-order valence-electron chi connectivity index (χ3n) is 4.69. The summed E-state index contributed by atoms with van der Waals surface area (Å²) < 4.78 is 0. The van der Waals surface area contributed by atoms with Gasteiger partial charge >= 0.3 is 0 Å². The van der Waals surface area contributed by atoms with Crippen molar-refractivity contribution < 1.29 is 5.11 Å². The van der Waals surface area contributed by atoms with Gasteiger partial charge in [-0.25, -0.2) is 4.98 Å². The van der Waals surface area contributed by atoms with Gasteiger partial charge in [0.05, 0.1) is 17.8 Å². The van der Waals surface area contributed by atoms with Gasteiger partial charge < -0.3 is 10.0 Å². The van der Waals surface area contributed by atoms with Gasteiger partial charge in [0.1, 0.15) is 16.6 Å². The minimum atomic E-state index is 0.288. The zero-order valence-electron chi connectivity index (χ0n) is 12.8. The number of rotatable bonds is 3. The minimum absolute atomic E-state index is 0.288. The van der Waals surface area contributed by atoms with Crippen LogP contribution in [0, 0.1) is 5.41 Å². The first kappa shape index (κ1) is 14.5. The Bertz CT molecular complexity index is 760. The highest BCUT2D eigenvalue weighted by atomic mass is 32.1. The molecule has 1 aromatic carbocycles. The van der Waals surface area contributed by atoms with Crippen LogP contribution in [0.5, 0.6) is 0 Å². The smallest absolute Gasteiger partial charge is 0.135 e. The van der Waals surface area contributed by atoms with Gasteiger partial charge in [0.15, 0.2) is 0 Å². The molecule has 0 unspecified atom stereocenters. The number of thiazole rings is 1. The largest absolute Gasteiger partial charge is 0.510 e. The Hall–Kier alpha value is -2.14. The molecule has 2 aliphatic rings. The van der Waals surface area contributed by atoms with E-state index in [1.165, 1.54) is 24.2 Å². The predicted octanol–water partition coefficient (Wildman–Crippen LogP) is 4.31. The lowest BCUT2D eigenvalue weighted by Crippen LogP contribution is -2.35. The van der Waals surface area contributed by atoms with Crippen LogP contribution >= 0.6 is 11.3 Å². The van der Waals surface area contributed by atoms with Gasteiger partial charge in [0.2, 0.25) is 0 Å². The quantitative estimate of drug-likeness (QED) is 0.884. The summed E-state index contributed by atoms with van der Waals surface area (Å²) in [5.74, 6) is 0.722. The molecule has 1 aliphatic heterocycles. The second-order valence-corrected chi connectivity index (χ2v) is 7.00. The molecule has 0 radical (unpaired) electrons. The zero-order chi connectivity index (χ0) is 15.8. The molecule has 5 heteroatoms. The summed E-state index contributed by atoms with van der Waals surface area (Å²) in [6.45, 7) is 0.457. The van der Waals surface area contributed by atoms with Crippen LogP contribution in [0.15, 0.2) is 41.5 Å². The van der Waals surface area contributed by atoms with Gasteiger partial charge in [-0.2, -0.15) is 0 Å². The molecule has 118 valence electrons. The van der Waals surface area contributed by atoms with Crippen molar-refractivity contribution in [3.8, 4) is 11.3 Å². The Balaban J connectivity index is 1.62. The first-order valence-electron chi connectivity index (χ1n) is 8.03. The Labute approximate surface area is 139 Å². The molecule has 2 N–H and O–H groups in total. The highest BCUT2D eigenvalue weighted by Crippen LogP contribution is 2.35. The number of aliphatic hydroxyl groups excluding tert-OH is 1. The summed E-state index contributed by atoms with van der Waals surface area (Å²) in [6, 6.07) is 10.4. The van der Waals surface area contributed by atoms with Crippen molar-refractivity contribution in [1.29, 1.82) is 5.41 Å². The number of benzene rings is 1. The van der Waals surface area contributed by atoms with E-state index in [1.54, 1.807) is 0 Å². The van der Waals surface area contributed by atoms with Crippen LogP contribution in [0.1, 0.15) is 30.7 Å². The highest BCUT2D eigenvalue weighted by Gasteiger charge is 2.35. The lowest BCUT2D eigenvalue weighted by Gasteiger charge is -2.25. The third-order valence-corrected chi connectivity index (χ3v) is 5.55. The maximum Gasteiger partial charge on any atom is 0.135 e. The lowest BCUT2D eigenvalue weighted by molar-refractivity contribution is 0.296. The van der Waals surface area contributed by atoms with E-state index in [4.69, 9.17) is 5.41 Å². The monoisotopic (exact) mass is 325 g/mol. The fraction of sp³-hybridized carbons (Fsp3) is 0.333. The first-order chi connectivity index (χ1) is 11.2. The summed E-state index contributed by atoms with van der Waals surface area (Å²) in [5.41, 5.74) is 2.58. The van der Waals surface area contributed by atoms with E-state index in [0.29, 0.717) is 24.0 Å². The number of nitrogens with zero attached hydrogens (tertiary/aromatic N) is 2. The topological polar surface area (TPSA) is 60.2 Å². The molecule has 4 nitrogen and oxygen atoms in total. The van der Waals surface area contributed by atoms with Crippen LogP contribution in [0.3, 0.4) is 0 Å². The fourth-order valence-corrected chi connectivity index (χ4v) is 4.38. The Morgan fingerprint density at radius 3 is 2.65 bits per heavy atom. The highest BCUT2D eigenvalue weighted by molar-refractivity contribution is 7.11. The number of aromatic nitrogens is 1. The second-order valence-electron chi connectivity index (χ2n) is 6.14. The number of hydrogen-bond acceptors (Lipinski definition) is 4. The van der Waals surface area contributed by atoms with E-state index in [-0.39, 0.29) is 5.76 Å². The van der Waals surface area contributed by atoms with Crippen LogP contribution < -0.4 is 0 Å². The maximum atomic E-state index is 10.4. The van der Waals surface area contributed by atoms with E-state index in [9.17, 15) is 5.11 Å². The van der Waals surface area contributed by atoms with Crippen LogP contribution in [0.4, 0.5) is 0 Å². The summed E-state index contributed by atoms with van der Waals surface area (Å²) >= 11 is 1.50. The first-order valence-corrected chi connectivity index (χ1v) is 8.91. The molecular formula is C18H19N3OS. The van der Waals surface area contributed by atoms with Crippen molar-refractivity contribution in [3.05, 3.63) is 46.5 Å². The van der Waals surface area contributed by atoms with E-state index < -0.39 is 0 Å². The Kier molecular flexibility index (Phi) is 3.65. The predicted molar refractivity (Wildman–Crippen MR) is 93.8 cm³/mol. The molecule has 1 aromatic heterocycles. The fourth-order valence-electron chi connectivity index (χ4n) is 3.48. The second kappa shape index (κ2) is 5.81. The third kappa shape index (κ3) is 2.55. The van der Waals surface area contributed by atoms with E-state index in [2.05, 4.69) is 4.98 Å². The number of amidine groups is 1. The maximum absolute atomic E-state index is 10.4.